The average molecular weight is 755 g/mol. The number of fused-ring (bicyclic) bond motifs is 6. The van der Waals surface area contributed by atoms with Crippen LogP contribution in [0.1, 0.15) is 50.3 Å². The van der Waals surface area contributed by atoms with E-state index in [-0.39, 0.29) is 17.8 Å². The predicted molar refractivity (Wildman–Crippen MR) is 241 cm³/mol. The highest BCUT2D eigenvalue weighted by Crippen LogP contribution is 2.55. The van der Waals surface area contributed by atoms with Crippen molar-refractivity contribution >= 4 is 59.8 Å². The number of allylic oxidation sites excluding steroid dienone is 1. The lowest BCUT2D eigenvalue weighted by atomic mass is 9.73. The van der Waals surface area contributed by atoms with Gasteiger partial charge in [0.05, 0.1) is 6.61 Å². The lowest BCUT2D eigenvalue weighted by Gasteiger charge is -2.29. The van der Waals surface area contributed by atoms with Gasteiger partial charge in [0.25, 0.3) is 0 Å². The van der Waals surface area contributed by atoms with Gasteiger partial charge in [0.2, 0.25) is 0 Å². The van der Waals surface area contributed by atoms with Crippen molar-refractivity contribution in [3.63, 3.8) is 0 Å². The molecule has 0 bridgehead atoms. The molecule has 2 nitrogen and oxygen atoms in total. The van der Waals surface area contributed by atoms with Gasteiger partial charge in [-0.1, -0.05) is 155 Å². The number of rotatable bonds is 8. The fraction of sp³-hybridized carbons (Fsp3) is 0.145. The van der Waals surface area contributed by atoms with E-state index in [1.54, 1.807) is 0 Å². The second-order valence-electron chi connectivity index (χ2n) is 16.9. The molecule has 9 aromatic carbocycles. The van der Waals surface area contributed by atoms with E-state index >= 15 is 4.39 Å². The van der Waals surface area contributed by atoms with Gasteiger partial charge in [0, 0.05) is 22.4 Å². The van der Waals surface area contributed by atoms with E-state index in [0.717, 1.165) is 49.5 Å². The summed E-state index contributed by atoms with van der Waals surface area (Å²) in [5.74, 6) is -0.664. The molecule has 0 aromatic heterocycles. The monoisotopic (exact) mass is 754 g/mol. The maximum Gasteiger partial charge on any atom is 0.330 e. The number of carbonyl (C=O) groups is 1. The van der Waals surface area contributed by atoms with Gasteiger partial charge < -0.3 is 4.74 Å². The molecular weight excluding hydrogens is 712 g/mol. The fourth-order valence-corrected chi connectivity index (χ4v) is 9.82. The zero-order chi connectivity index (χ0) is 39.9. The standard InChI is InChI=1S/C55H43FO2/c1-6-49(57)58-28-12-27-55(7-2)47-31-34(39-23-19-33-17-18-35-29-38(54(3,4)5)30-36-22-26-45(39)51(33)50(35)36)20-24-42(47)43-25-21-37(32-48(43)55)52-44-15-10-8-13-40(44)41-14-9-11-16-46(41)53(52)56/h6-11,13-26,29-32H,1-2,12,27-28H2,3-5H3. The lowest BCUT2D eigenvalue weighted by Crippen LogP contribution is -2.23. The predicted octanol–water partition coefficient (Wildman–Crippen LogP) is 14.6. The highest BCUT2D eigenvalue weighted by molar-refractivity contribution is 6.25. The number of benzene rings is 9. The number of halogens is 1. The zero-order valence-electron chi connectivity index (χ0n) is 33.1. The fourth-order valence-electron chi connectivity index (χ4n) is 9.82. The van der Waals surface area contributed by atoms with E-state index in [9.17, 15) is 4.79 Å². The molecule has 10 rings (SSSR count). The van der Waals surface area contributed by atoms with Crippen molar-refractivity contribution in [3.05, 3.63) is 181 Å². The van der Waals surface area contributed by atoms with Crippen LogP contribution in [0, 0.1) is 5.82 Å². The second-order valence-corrected chi connectivity index (χ2v) is 16.9. The first kappa shape index (κ1) is 35.8. The third-order valence-corrected chi connectivity index (χ3v) is 12.7. The first-order chi connectivity index (χ1) is 28.1. The van der Waals surface area contributed by atoms with E-state index in [4.69, 9.17) is 4.74 Å². The van der Waals surface area contributed by atoms with Crippen molar-refractivity contribution in [3.8, 4) is 33.4 Å². The first-order valence-corrected chi connectivity index (χ1v) is 20.2. The minimum Gasteiger partial charge on any atom is -0.463 e. The third-order valence-electron chi connectivity index (χ3n) is 12.7. The molecule has 0 fully saturated rings. The Balaban J connectivity index is 1.16. The second kappa shape index (κ2) is 13.2. The molecule has 0 N–H and O–H groups in total. The summed E-state index contributed by atoms with van der Waals surface area (Å²) in [4.78, 5) is 12.1. The molecule has 1 aliphatic rings. The van der Waals surface area contributed by atoms with Crippen LogP contribution < -0.4 is 0 Å². The van der Waals surface area contributed by atoms with Gasteiger partial charge in [-0.25, -0.2) is 9.18 Å². The molecule has 58 heavy (non-hydrogen) atoms. The van der Waals surface area contributed by atoms with Gasteiger partial charge in [0.15, 0.2) is 0 Å². The van der Waals surface area contributed by atoms with Crippen LogP contribution in [0.15, 0.2) is 159 Å². The molecule has 0 heterocycles. The molecule has 1 aliphatic carbocycles. The quantitative estimate of drug-likeness (QED) is 0.0508. The molecule has 1 unspecified atom stereocenters. The Morgan fingerprint density at radius 2 is 1.21 bits per heavy atom. The zero-order valence-corrected chi connectivity index (χ0v) is 33.1. The molecule has 9 aromatic rings. The van der Waals surface area contributed by atoms with E-state index in [2.05, 4.69) is 125 Å². The molecule has 0 radical (unpaired) electrons. The number of hydrogen-bond acceptors (Lipinski definition) is 2. The normalized spacial score (nSPS) is 15.0. The van der Waals surface area contributed by atoms with Gasteiger partial charge in [-0.15, -0.1) is 6.58 Å². The van der Waals surface area contributed by atoms with Crippen LogP contribution >= 0.6 is 0 Å². The number of hydrogen-bond donors (Lipinski definition) is 0. The Kier molecular flexibility index (Phi) is 8.18. The smallest absolute Gasteiger partial charge is 0.330 e. The molecule has 0 saturated carbocycles. The molecule has 0 amide bonds. The van der Waals surface area contributed by atoms with E-state index < -0.39 is 11.4 Å². The highest BCUT2D eigenvalue weighted by atomic mass is 19.1. The van der Waals surface area contributed by atoms with E-state index in [0.29, 0.717) is 23.8 Å². The SMILES string of the molecule is C=CC(=O)OCCCC1(C=C)c2cc(-c3c(F)c4ccccc4c4ccccc34)ccc2-c2ccc(-c3ccc4ccc5cc(C(C)(C)C)cc6ccc3c4c56)cc21. The first-order valence-electron chi connectivity index (χ1n) is 20.2. The van der Waals surface area contributed by atoms with Gasteiger partial charge in [-0.2, -0.15) is 0 Å². The summed E-state index contributed by atoms with van der Waals surface area (Å²) >= 11 is 0. The average Bonchev–Trinajstić information content (AvgIpc) is 3.52. The Bertz CT molecular complexity index is 3160. The van der Waals surface area contributed by atoms with Crippen LogP contribution in [-0.2, 0) is 20.4 Å². The van der Waals surface area contributed by atoms with Crippen molar-refractivity contribution in [2.45, 2.75) is 44.4 Å². The van der Waals surface area contributed by atoms with E-state index in [1.807, 2.05) is 48.5 Å². The van der Waals surface area contributed by atoms with Gasteiger partial charge >= 0.3 is 5.97 Å². The Labute approximate surface area is 338 Å². The summed E-state index contributed by atoms with van der Waals surface area (Å²) in [5.41, 5.74) is 8.89. The van der Waals surface area contributed by atoms with Crippen molar-refractivity contribution < 1.29 is 13.9 Å². The van der Waals surface area contributed by atoms with Crippen LogP contribution in [0.2, 0.25) is 0 Å². The summed E-state index contributed by atoms with van der Waals surface area (Å²) < 4.78 is 22.3. The van der Waals surface area contributed by atoms with Crippen LogP contribution in [0.25, 0.3) is 87.2 Å². The minimum absolute atomic E-state index is 0.0424. The minimum atomic E-state index is -0.631. The topological polar surface area (TPSA) is 26.3 Å². The summed E-state index contributed by atoms with van der Waals surface area (Å²) in [7, 11) is 0. The summed E-state index contributed by atoms with van der Waals surface area (Å²) in [5, 5.41) is 10.9. The van der Waals surface area contributed by atoms with Gasteiger partial charge in [0.1, 0.15) is 5.82 Å². The lowest BCUT2D eigenvalue weighted by molar-refractivity contribution is -0.137. The highest BCUT2D eigenvalue weighted by Gasteiger charge is 2.41. The molecular formula is C55H43FO2. The van der Waals surface area contributed by atoms with Crippen molar-refractivity contribution in [1.82, 2.24) is 0 Å². The maximum atomic E-state index is 16.8. The summed E-state index contributed by atoms with van der Waals surface area (Å²) in [6.07, 6.45) is 4.49. The maximum absolute atomic E-state index is 16.8. The number of ether oxygens (including phenoxy) is 1. The molecule has 0 spiro atoms. The molecule has 3 heteroatoms. The van der Waals surface area contributed by atoms with Crippen molar-refractivity contribution in [2.75, 3.05) is 6.61 Å². The number of carbonyl (C=O) groups excluding carboxylic acids is 1. The third kappa shape index (κ3) is 5.33. The Morgan fingerprint density at radius 1 is 0.638 bits per heavy atom. The molecule has 0 aliphatic heterocycles. The van der Waals surface area contributed by atoms with Gasteiger partial charge in [-0.05, 0) is 123 Å². The van der Waals surface area contributed by atoms with E-state index in [1.165, 1.54) is 49.5 Å². The largest absolute Gasteiger partial charge is 0.463 e. The van der Waals surface area contributed by atoms with Crippen LogP contribution in [0.5, 0.6) is 0 Å². The van der Waals surface area contributed by atoms with Crippen LogP contribution in [0.3, 0.4) is 0 Å². The van der Waals surface area contributed by atoms with Crippen LogP contribution in [0.4, 0.5) is 4.39 Å². The van der Waals surface area contributed by atoms with Gasteiger partial charge in [-0.3, -0.25) is 0 Å². The number of esters is 1. The Morgan fingerprint density at radius 3 is 1.88 bits per heavy atom. The molecule has 0 saturated heterocycles. The molecule has 1 atom stereocenters. The summed E-state index contributed by atoms with van der Waals surface area (Å²) in [6.45, 7) is 15.1. The van der Waals surface area contributed by atoms with Crippen molar-refractivity contribution in [1.29, 1.82) is 0 Å². The summed E-state index contributed by atoms with van der Waals surface area (Å²) in [6, 6.07) is 47.3. The molecule has 282 valence electrons. The van der Waals surface area contributed by atoms with Crippen molar-refractivity contribution in [2.24, 2.45) is 0 Å². The van der Waals surface area contributed by atoms with Crippen LogP contribution in [-0.4, -0.2) is 12.6 Å². The Hall–Kier alpha value is -6.58.